The Bertz CT molecular complexity index is 961. The lowest BCUT2D eigenvalue weighted by Crippen LogP contribution is -2.54. The molecule has 2 heterocycles. The van der Waals surface area contributed by atoms with Crippen LogP contribution in [0.25, 0.3) is 0 Å². The number of fused-ring (bicyclic) bond motifs is 1. The Morgan fingerprint density at radius 1 is 1.06 bits per heavy atom. The lowest BCUT2D eigenvalue weighted by atomic mass is 9.91. The number of benzene rings is 2. The summed E-state index contributed by atoms with van der Waals surface area (Å²) in [6.45, 7) is 5.55. The van der Waals surface area contributed by atoms with E-state index in [2.05, 4.69) is 14.5 Å². The number of nitrogens with zero attached hydrogens (tertiary/aromatic N) is 2. The van der Waals surface area contributed by atoms with Crippen molar-refractivity contribution in [2.45, 2.75) is 31.9 Å². The first-order valence-electron chi connectivity index (χ1n) is 11.0. The Morgan fingerprint density at radius 2 is 1.73 bits per heavy atom. The standard InChI is InChI=1S/C24H27F3N2O4/c1-17(30)18(19-6-2-3-7-20(19)33-24(25,26)27)10-11-28-12-14-29(15-13-28)23-16-31-21-8-4-5-9-22(21)32-23/h2-9,18,23H,10-16H2,1H3. The van der Waals surface area contributed by atoms with E-state index in [0.717, 1.165) is 37.7 Å². The molecule has 1 fully saturated rings. The summed E-state index contributed by atoms with van der Waals surface area (Å²) in [4.78, 5) is 16.7. The summed E-state index contributed by atoms with van der Waals surface area (Å²) in [6.07, 6.45) is -4.54. The van der Waals surface area contributed by atoms with E-state index in [1.54, 1.807) is 6.07 Å². The van der Waals surface area contributed by atoms with E-state index in [-0.39, 0.29) is 23.3 Å². The van der Waals surface area contributed by atoms with Gasteiger partial charge in [-0.2, -0.15) is 0 Å². The Morgan fingerprint density at radius 3 is 2.42 bits per heavy atom. The molecule has 2 aliphatic heterocycles. The second kappa shape index (κ2) is 10.0. The lowest BCUT2D eigenvalue weighted by Gasteiger charge is -2.40. The molecule has 2 aromatic rings. The molecule has 0 N–H and O–H groups in total. The highest BCUT2D eigenvalue weighted by atomic mass is 19.4. The molecule has 2 unspecified atom stereocenters. The van der Waals surface area contributed by atoms with Crippen LogP contribution >= 0.6 is 0 Å². The predicted octanol–water partition coefficient (Wildman–Crippen LogP) is 4.06. The summed E-state index contributed by atoms with van der Waals surface area (Å²) < 4.78 is 54.4. The average molecular weight is 464 g/mol. The van der Waals surface area contributed by atoms with Gasteiger partial charge in [0.25, 0.3) is 0 Å². The van der Waals surface area contributed by atoms with Crippen molar-refractivity contribution in [3.8, 4) is 17.2 Å². The zero-order valence-electron chi connectivity index (χ0n) is 18.4. The summed E-state index contributed by atoms with van der Waals surface area (Å²) in [5.74, 6) is 0.328. The third-order valence-electron chi connectivity index (χ3n) is 6.05. The second-order valence-corrected chi connectivity index (χ2v) is 8.25. The minimum atomic E-state index is -4.81. The molecule has 33 heavy (non-hydrogen) atoms. The van der Waals surface area contributed by atoms with E-state index in [1.807, 2.05) is 24.3 Å². The molecule has 9 heteroatoms. The topological polar surface area (TPSA) is 51.2 Å². The van der Waals surface area contributed by atoms with E-state index in [1.165, 1.54) is 25.1 Å². The summed E-state index contributed by atoms with van der Waals surface area (Å²) in [6, 6.07) is 13.5. The van der Waals surface area contributed by atoms with Gasteiger partial charge in [-0.15, -0.1) is 13.2 Å². The van der Waals surface area contributed by atoms with Gasteiger partial charge in [0.2, 0.25) is 0 Å². The van der Waals surface area contributed by atoms with Crippen LogP contribution in [0.2, 0.25) is 0 Å². The predicted molar refractivity (Wildman–Crippen MR) is 116 cm³/mol. The van der Waals surface area contributed by atoms with Crippen LogP contribution in [0.3, 0.4) is 0 Å². The van der Waals surface area contributed by atoms with Crippen molar-refractivity contribution >= 4 is 5.78 Å². The van der Waals surface area contributed by atoms with Crippen LogP contribution in [0.4, 0.5) is 13.2 Å². The molecule has 2 atom stereocenters. The number of alkyl halides is 3. The van der Waals surface area contributed by atoms with Crippen molar-refractivity contribution < 1.29 is 32.2 Å². The fraction of sp³-hybridized carbons (Fsp3) is 0.458. The minimum Gasteiger partial charge on any atom is -0.484 e. The van der Waals surface area contributed by atoms with Gasteiger partial charge in [-0.05, 0) is 38.1 Å². The number of rotatable bonds is 7. The highest BCUT2D eigenvalue weighted by Crippen LogP contribution is 2.34. The monoisotopic (exact) mass is 464 g/mol. The van der Waals surface area contributed by atoms with Crippen LogP contribution in [0.1, 0.15) is 24.8 Å². The van der Waals surface area contributed by atoms with E-state index < -0.39 is 12.3 Å². The van der Waals surface area contributed by atoms with Crippen molar-refractivity contribution in [3.63, 3.8) is 0 Å². The molecule has 178 valence electrons. The van der Waals surface area contributed by atoms with Crippen molar-refractivity contribution in [2.24, 2.45) is 0 Å². The largest absolute Gasteiger partial charge is 0.573 e. The van der Waals surface area contributed by atoms with Crippen LogP contribution in [-0.4, -0.2) is 67.5 Å². The number of Topliss-reactive ketones (excluding diaryl/α,β-unsaturated/α-hetero) is 1. The number of hydrogen-bond acceptors (Lipinski definition) is 6. The molecule has 2 aliphatic rings. The molecule has 2 aromatic carbocycles. The minimum absolute atomic E-state index is 0.154. The number of halogens is 3. The van der Waals surface area contributed by atoms with E-state index >= 15 is 0 Å². The van der Waals surface area contributed by atoms with Gasteiger partial charge in [0.15, 0.2) is 17.7 Å². The second-order valence-electron chi connectivity index (χ2n) is 8.25. The first-order valence-corrected chi connectivity index (χ1v) is 11.0. The van der Waals surface area contributed by atoms with Crippen molar-refractivity contribution in [2.75, 3.05) is 39.3 Å². The van der Waals surface area contributed by atoms with Crippen LogP contribution in [0.15, 0.2) is 48.5 Å². The highest BCUT2D eigenvalue weighted by Gasteiger charge is 2.34. The van der Waals surface area contributed by atoms with Crippen molar-refractivity contribution in [1.82, 2.24) is 9.80 Å². The quantitative estimate of drug-likeness (QED) is 0.616. The smallest absolute Gasteiger partial charge is 0.484 e. The van der Waals surface area contributed by atoms with Gasteiger partial charge < -0.3 is 19.1 Å². The molecular formula is C24H27F3N2O4. The van der Waals surface area contributed by atoms with Gasteiger partial charge in [-0.25, -0.2) is 0 Å². The highest BCUT2D eigenvalue weighted by molar-refractivity contribution is 5.84. The van der Waals surface area contributed by atoms with Crippen LogP contribution in [0.5, 0.6) is 17.2 Å². The summed E-state index contributed by atoms with van der Waals surface area (Å²) in [7, 11) is 0. The third-order valence-corrected chi connectivity index (χ3v) is 6.05. The Hall–Kier alpha value is -2.78. The SMILES string of the molecule is CC(=O)C(CCN1CCN(C2COc3ccccc3O2)CC1)c1ccccc1OC(F)(F)F. The number of hydrogen-bond donors (Lipinski definition) is 0. The number of para-hydroxylation sites is 3. The third kappa shape index (κ3) is 5.97. The first-order chi connectivity index (χ1) is 15.8. The summed E-state index contributed by atoms with van der Waals surface area (Å²) in [5, 5.41) is 0. The molecule has 0 aromatic heterocycles. The molecular weight excluding hydrogens is 437 g/mol. The summed E-state index contributed by atoms with van der Waals surface area (Å²) in [5.41, 5.74) is 0.271. The van der Waals surface area contributed by atoms with E-state index in [0.29, 0.717) is 19.6 Å². The van der Waals surface area contributed by atoms with Gasteiger partial charge in [0.1, 0.15) is 18.1 Å². The maximum atomic E-state index is 12.8. The van der Waals surface area contributed by atoms with Gasteiger partial charge in [0.05, 0.1) is 0 Å². The van der Waals surface area contributed by atoms with Crippen LogP contribution in [-0.2, 0) is 4.79 Å². The fourth-order valence-electron chi connectivity index (χ4n) is 4.34. The van der Waals surface area contributed by atoms with Crippen LogP contribution in [0, 0.1) is 0 Å². The number of piperazine rings is 1. The summed E-state index contributed by atoms with van der Waals surface area (Å²) >= 11 is 0. The number of carbonyl (C=O) groups is 1. The molecule has 0 aliphatic carbocycles. The van der Waals surface area contributed by atoms with Gasteiger partial charge in [0, 0.05) is 37.7 Å². The molecule has 0 spiro atoms. The lowest BCUT2D eigenvalue weighted by molar-refractivity contribution is -0.275. The Balaban J connectivity index is 1.32. The van der Waals surface area contributed by atoms with E-state index in [9.17, 15) is 18.0 Å². The normalized spacial score (nSPS) is 20.3. The number of carbonyl (C=O) groups excluding carboxylic acids is 1. The van der Waals surface area contributed by atoms with Crippen molar-refractivity contribution in [1.29, 1.82) is 0 Å². The Labute approximate surface area is 190 Å². The molecule has 0 amide bonds. The molecule has 0 radical (unpaired) electrons. The molecule has 4 rings (SSSR count). The number of ether oxygens (including phenoxy) is 3. The molecule has 0 bridgehead atoms. The first kappa shape index (κ1) is 23.4. The van der Waals surface area contributed by atoms with Crippen LogP contribution < -0.4 is 14.2 Å². The molecule has 6 nitrogen and oxygen atoms in total. The van der Waals surface area contributed by atoms with E-state index in [4.69, 9.17) is 9.47 Å². The van der Waals surface area contributed by atoms with Gasteiger partial charge in [-0.1, -0.05) is 30.3 Å². The molecule has 1 saturated heterocycles. The van der Waals surface area contributed by atoms with Gasteiger partial charge in [-0.3, -0.25) is 9.69 Å². The number of ketones is 1. The zero-order chi connectivity index (χ0) is 23.4. The average Bonchev–Trinajstić information content (AvgIpc) is 2.79. The maximum Gasteiger partial charge on any atom is 0.573 e. The van der Waals surface area contributed by atoms with Crippen molar-refractivity contribution in [3.05, 3.63) is 54.1 Å². The zero-order valence-corrected chi connectivity index (χ0v) is 18.4. The fourth-order valence-corrected chi connectivity index (χ4v) is 4.34. The van der Waals surface area contributed by atoms with Gasteiger partial charge >= 0.3 is 6.36 Å². The maximum absolute atomic E-state index is 12.8. The Kier molecular flexibility index (Phi) is 7.09. The molecule has 0 saturated carbocycles.